The maximum atomic E-state index is 13.5. The molecule has 37 heavy (non-hydrogen) atoms. The van der Waals surface area contributed by atoms with Crippen molar-refractivity contribution in [2.24, 2.45) is 0 Å². The van der Waals surface area contributed by atoms with Crippen LogP contribution in [0.25, 0.3) is 11.4 Å². The summed E-state index contributed by atoms with van der Waals surface area (Å²) < 4.78 is 16.1. The highest BCUT2D eigenvalue weighted by Gasteiger charge is 2.25. The summed E-state index contributed by atoms with van der Waals surface area (Å²) in [4.78, 5) is 30.4. The molecule has 4 rings (SSSR count). The van der Waals surface area contributed by atoms with Gasteiger partial charge in [-0.1, -0.05) is 41.6 Å². The number of amides is 1. The van der Waals surface area contributed by atoms with E-state index < -0.39 is 4.92 Å². The Hall–Kier alpha value is -4.73. The Bertz CT molecular complexity index is 1390. The molecule has 1 aromatic heterocycles. The summed E-state index contributed by atoms with van der Waals surface area (Å²) in [5.41, 5.74) is 1.70. The van der Waals surface area contributed by atoms with Crippen molar-refractivity contribution >= 4 is 11.6 Å². The lowest BCUT2D eigenvalue weighted by Crippen LogP contribution is -2.35. The molecular formula is C27H26N4O6. The molecule has 0 saturated carbocycles. The zero-order valence-corrected chi connectivity index (χ0v) is 20.7. The molecule has 1 atom stereocenters. The third-order valence-corrected chi connectivity index (χ3v) is 5.99. The highest BCUT2D eigenvalue weighted by atomic mass is 16.6. The van der Waals surface area contributed by atoms with Gasteiger partial charge in [-0.2, -0.15) is 4.98 Å². The van der Waals surface area contributed by atoms with E-state index in [1.165, 1.54) is 18.2 Å². The van der Waals surface area contributed by atoms with E-state index in [-0.39, 0.29) is 36.2 Å². The molecule has 1 heterocycles. The topological polar surface area (TPSA) is 121 Å². The molecule has 190 valence electrons. The maximum absolute atomic E-state index is 13.5. The Morgan fingerprint density at radius 3 is 2.49 bits per heavy atom. The minimum absolute atomic E-state index is 0.144. The highest BCUT2D eigenvalue weighted by Crippen LogP contribution is 2.31. The Morgan fingerprint density at radius 2 is 1.78 bits per heavy atom. The van der Waals surface area contributed by atoms with E-state index in [9.17, 15) is 14.9 Å². The van der Waals surface area contributed by atoms with Gasteiger partial charge in [-0.3, -0.25) is 14.9 Å². The number of nitro benzene ring substituents is 1. The van der Waals surface area contributed by atoms with Gasteiger partial charge in [-0.15, -0.1) is 0 Å². The van der Waals surface area contributed by atoms with Crippen LogP contribution in [0, 0.1) is 10.1 Å². The van der Waals surface area contributed by atoms with Gasteiger partial charge in [-0.25, -0.2) is 0 Å². The summed E-state index contributed by atoms with van der Waals surface area (Å²) in [5, 5.41) is 15.3. The molecule has 0 bridgehead atoms. The fraction of sp³-hybridized carbons (Fsp3) is 0.222. The molecule has 0 aliphatic heterocycles. The zero-order chi connectivity index (χ0) is 26.4. The second kappa shape index (κ2) is 11.3. The first-order chi connectivity index (χ1) is 17.9. The Balaban J connectivity index is 1.57. The SMILES string of the molecule is COc1ccc(-c2noc(CCN(C(=O)c3cccc([N+](=O)[O-])c3)C(C)c3ccccc3)n2)cc1OC. The first-order valence-electron chi connectivity index (χ1n) is 11.6. The van der Waals surface area contributed by atoms with E-state index in [1.54, 1.807) is 43.4 Å². The van der Waals surface area contributed by atoms with E-state index >= 15 is 0 Å². The second-order valence-corrected chi connectivity index (χ2v) is 8.22. The summed E-state index contributed by atoms with van der Waals surface area (Å²) in [6.45, 7) is 2.17. The highest BCUT2D eigenvalue weighted by molar-refractivity contribution is 5.95. The third kappa shape index (κ3) is 5.75. The number of nitro groups is 1. The largest absolute Gasteiger partial charge is 0.493 e. The zero-order valence-electron chi connectivity index (χ0n) is 20.7. The van der Waals surface area contributed by atoms with Gasteiger partial charge >= 0.3 is 0 Å². The quantitative estimate of drug-likeness (QED) is 0.217. The van der Waals surface area contributed by atoms with E-state index in [1.807, 2.05) is 37.3 Å². The molecule has 0 N–H and O–H groups in total. The molecule has 0 saturated heterocycles. The van der Waals surface area contributed by atoms with E-state index in [0.717, 1.165) is 5.56 Å². The van der Waals surface area contributed by atoms with Gasteiger partial charge in [0.05, 0.1) is 25.2 Å². The molecule has 1 unspecified atom stereocenters. The van der Waals surface area contributed by atoms with Crippen molar-refractivity contribution in [3.63, 3.8) is 0 Å². The molecule has 3 aromatic carbocycles. The fourth-order valence-electron chi connectivity index (χ4n) is 3.97. The van der Waals surface area contributed by atoms with Crippen LogP contribution < -0.4 is 9.47 Å². The van der Waals surface area contributed by atoms with Crippen LogP contribution in [-0.2, 0) is 6.42 Å². The summed E-state index contributed by atoms with van der Waals surface area (Å²) in [6, 6.07) is 20.3. The molecule has 4 aromatic rings. The number of carbonyl (C=O) groups is 1. The first kappa shape index (κ1) is 25.4. The number of rotatable bonds is 10. The molecule has 0 aliphatic rings. The number of methoxy groups -OCH3 is 2. The van der Waals surface area contributed by atoms with E-state index in [0.29, 0.717) is 28.8 Å². The third-order valence-electron chi connectivity index (χ3n) is 5.99. The number of hydrogen-bond donors (Lipinski definition) is 0. The van der Waals surface area contributed by atoms with Gasteiger partial charge in [0.2, 0.25) is 11.7 Å². The number of hydrogen-bond acceptors (Lipinski definition) is 8. The number of ether oxygens (including phenoxy) is 2. The van der Waals surface area contributed by atoms with Crippen LogP contribution in [-0.4, -0.2) is 46.6 Å². The summed E-state index contributed by atoms with van der Waals surface area (Å²) in [7, 11) is 3.10. The predicted octanol–water partition coefficient (Wildman–Crippen LogP) is 5.11. The number of carbonyl (C=O) groups excluding carboxylic acids is 1. The lowest BCUT2D eigenvalue weighted by Gasteiger charge is -2.29. The smallest absolute Gasteiger partial charge is 0.270 e. The molecular weight excluding hydrogens is 476 g/mol. The number of aromatic nitrogens is 2. The van der Waals surface area contributed by atoms with Gasteiger partial charge < -0.3 is 18.9 Å². The molecule has 0 fully saturated rings. The van der Waals surface area contributed by atoms with Crippen molar-refractivity contribution < 1.29 is 23.7 Å². The Morgan fingerprint density at radius 1 is 1.03 bits per heavy atom. The molecule has 1 amide bonds. The first-order valence-corrected chi connectivity index (χ1v) is 11.6. The van der Waals surface area contributed by atoms with E-state index in [2.05, 4.69) is 10.1 Å². The lowest BCUT2D eigenvalue weighted by atomic mass is 10.0. The normalized spacial score (nSPS) is 11.5. The minimum atomic E-state index is -0.518. The molecule has 0 spiro atoms. The Kier molecular flexibility index (Phi) is 7.77. The molecule has 0 radical (unpaired) electrons. The average Bonchev–Trinajstić information content (AvgIpc) is 3.42. The van der Waals surface area contributed by atoms with Crippen molar-refractivity contribution in [1.29, 1.82) is 0 Å². The molecule has 0 aliphatic carbocycles. The van der Waals surface area contributed by atoms with Gasteiger partial charge in [0.25, 0.3) is 11.6 Å². The van der Waals surface area contributed by atoms with E-state index in [4.69, 9.17) is 14.0 Å². The van der Waals surface area contributed by atoms with Crippen molar-refractivity contribution in [3.8, 4) is 22.9 Å². The van der Waals surface area contributed by atoms with Crippen molar-refractivity contribution in [3.05, 3.63) is 99.9 Å². The van der Waals surface area contributed by atoms with Crippen molar-refractivity contribution in [2.75, 3.05) is 20.8 Å². The molecule has 10 heteroatoms. The van der Waals surface area contributed by atoms with Crippen LogP contribution in [0.5, 0.6) is 11.5 Å². The van der Waals surface area contributed by atoms with Crippen LogP contribution in [0.1, 0.15) is 34.8 Å². The lowest BCUT2D eigenvalue weighted by molar-refractivity contribution is -0.384. The van der Waals surface area contributed by atoms with Crippen molar-refractivity contribution in [1.82, 2.24) is 15.0 Å². The van der Waals surface area contributed by atoms with Gasteiger partial charge in [0.15, 0.2) is 11.5 Å². The van der Waals surface area contributed by atoms with Crippen LogP contribution in [0.3, 0.4) is 0 Å². The fourth-order valence-corrected chi connectivity index (χ4v) is 3.97. The monoisotopic (exact) mass is 502 g/mol. The standard InChI is InChI=1S/C27H26N4O6/c1-18(19-8-5-4-6-9-19)30(27(32)21-10-7-11-22(16-21)31(33)34)15-14-25-28-26(29-37-25)20-12-13-23(35-2)24(17-20)36-3/h4-13,16-18H,14-15H2,1-3H3. The predicted molar refractivity (Wildman–Crippen MR) is 136 cm³/mol. The van der Waals surface area contributed by atoms with Gasteiger partial charge in [-0.05, 0) is 36.8 Å². The summed E-state index contributed by atoms with van der Waals surface area (Å²) >= 11 is 0. The van der Waals surface area contributed by atoms with Crippen LogP contribution in [0.2, 0.25) is 0 Å². The second-order valence-electron chi connectivity index (χ2n) is 8.22. The average molecular weight is 503 g/mol. The summed E-state index contributed by atoms with van der Waals surface area (Å²) in [5.74, 6) is 1.52. The summed E-state index contributed by atoms with van der Waals surface area (Å²) in [6.07, 6.45) is 0.290. The number of nitrogens with zero attached hydrogens (tertiary/aromatic N) is 4. The minimum Gasteiger partial charge on any atom is -0.493 e. The van der Waals surface area contributed by atoms with Crippen LogP contribution >= 0.6 is 0 Å². The van der Waals surface area contributed by atoms with Crippen LogP contribution in [0.15, 0.2) is 77.3 Å². The van der Waals surface area contributed by atoms with Gasteiger partial charge in [0.1, 0.15) is 0 Å². The molecule has 10 nitrogen and oxygen atoms in total. The Labute approximate surface area is 213 Å². The van der Waals surface area contributed by atoms with Crippen LogP contribution in [0.4, 0.5) is 5.69 Å². The maximum Gasteiger partial charge on any atom is 0.270 e. The number of benzene rings is 3. The van der Waals surface area contributed by atoms with Gasteiger partial charge in [0, 0.05) is 36.2 Å². The number of non-ortho nitro benzene ring substituents is 1. The van der Waals surface area contributed by atoms with Crippen molar-refractivity contribution in [2.45, 2.75) is 19.4 Å².